The summed E-state index contributed by atoms with van der Waals surface area (Å²) in [4.78, 5) is 2.53. The molecule has 1 aromatic heterocycles. The van der Waals surface area contributed by atoms with E-state index in [1.807, 2.05) is 6.07 Å². The Morgan fingerprint density at radius 3 is 2.80 bits per heavy atom. The highest BCUT2D eigenvalue weighted by atomic mass is 15.1. The molecule has 0 saturated carbocycles. The van der Waals surface area contributed by atoms with Crippen molar-refractivity contribution in [1.82, 2.24) is 15.1 Å². The Hall–Kier alpha value is -1.81. The summed E-state index contributed by atoms with van der Waals surface area (Å²) < 4.78 is 0. The van der Waals surface area contributed by atoms with Gasteiger partial charge in [0.15, 0.2) is 0 Å². The molecule has 1 atom stereocenters. The summed E-state index contributed by atoms with van der Waals surface area (Å²) in [7, 11) is 0. The highest BCUT2D eigenvalue weighted by Crippen LogP contribution is 2.23. The van der Waals surface area contributed by atoms with Crippen molar-refractivity contribution in [3.05, 3.63) is 47.8 Å². The van der Waals surface area contributed by atoms with Gasteiger partial charge >= 0.3 is 0 Å². The average Bonchev–Trinajstić information content (AvgIpc) is 3.13. The first kappa shape index (κ1) is 13.2. The number of nitrogens with one attached hydrogen (secondary N) is 2. The Balaban J connectivity index is 1.72. The molecule has 1 aliphatic rings. The van der Waals surface area contributed by atoms with E-state index in [-0.39, 0.29) is 6.04 Å². The topological polar surface area (TPSA) is 44.0 Å². The van der Waals surface area contributed by atoms with Gasteiger partial charge in [-0.1, -0.05) is 18.2 Å². The van der Waals surface area contributed by atoms with Crippen LogP contribution in [0.4, 0.5) is 5.69 Å². The third-order valence-electron chi connectivity index (χ3n) is 3.97. The molecule has 1 fully saturated rings. The normalized spacial score (nSPS) is 17.2. The molecule has 1 aromatic carbocycles. The van der Waals surface area contributed by atoms with E-state index in [0.717, 1.165) is 12.2 Å². The monoisotopic (exact) mass is 270 g/mol. The van der Waals surface area contributed by atoms with E-state index in [4.69, 9.17) is 0 Å². The van der Waals surface area contributed by atoms with Crippen LogP contribution in [-0.2, 0) is 6.54 Å². The van der Waals surface area contributed by atoms with E-state index in [2.05, 4.69) is 51.6 Å². The second-order valence-corrected chi connectivity index (χ2v) is 5.52. The van der Waals surface area contributed by atoms with Crippen LogP contribution in [0, 0.1) is 0 Å². The molecule has 0 spiro atoms. The lowest BCUT2D eigenvalue weighted by molar-refractivity contribution is 0.332. The van der Waals surface area contributed by atoms with Gasteiger partial charge in [0.2, 0.25) is 0 Å². The van der Waals surface area contributed by atoms with Crippen molar-refractivity contribution in [1.29, 1.82) is 0 Å². The number of aromatic nitrogens is 2. The number of benzene rings is 1. The van der Waals surface area contributed by atoms with E-state index >= 15 is 0 Å². The van der Waals surface area contributed by atoms with Crippen molar-refractivity contribution < 1.29 is 0 Å². The lowest BCUT2D eigenvalue weighted by Gasteiger charge is -2.20. The van der Waals surface area contributed by atoms with Crippen LogP contribution in [0.3, 0.4) is 0 Å². The molecule has 2 heterocycles. The molecule has 2 aromatic rings. The minimum atomic E-state index is 0.234. The molecule has 1 aliphatic heterocycles. The SMILES string of the molecule is CC(Nc1ccccc1CN1CCCC1)c1ccn[nH]1. The Morgan fingerprint density at radius 2 is 2.05 bits per heavy atom. The summed E-state index contributed by atoms with van der Waals surface area (Å²) in [6.45, 7) is 5.65. The predicted molar refractivity (Wildman–Crippen MR) is 81.6 cm³/mol. The average molecular weight is 270 g/mol. The van der Waals surface area contributed by atoms with Gasteiger partial charge in [0.1, 0.15) is 0 Å². The minimum Gasteiger partial charge on any atom is -0.377 e. The van der Waals surface area contributed by atoms with Crippen LogP contribution in [0.25, 0.3) is 0 Å². The van der Waals surface area contributed by atoms with E-state index in [0.29, 0.717) is 0 Å². The zero-order chi connectivity index (χ0) is 13.8. The van der Waals surface area contributed by atoms with Gasteiger partial charge < -0.3 is 5.32 Å². The molecule has 1 unspecified atom stereocenters. The molecular formula is C16H22N4. The highest BCUT2D eigenvalue weighted by molar-refractivity contribution is 5.52. The van der Waals surface area contributed by atoms with E-state index < -0.39 is 0 Å². The number of nitrogens with zero attached hydrogens (tertiary/aromatic N) is 2. The molecule has 0 amide bonds. The maximum atomic E-state index is 4.02. The second-order valence-electron chi connectivity index (χ2n) is 5.52. The number of H-pyrrole nitrogens is 1. The molecule has 2 N–H and O–H groups in total. The lowest BCUT2D eigenvalue weighted by Crippen LogP contribution is -2.19. The van der Waals surface area contributed by atoms with Crippen LogP contribution in [-0.4, -0.2) is 28.2 Å². The molecule has 0 bridgehead atoms. The number of hydrogen-bond acceptors (Lipinski definition) is 3. The van der Waals surface area contributed by atoms with Crippen molar-refractivity contribution in [2.75, 3.05) is 18.4 Å². The minimum absolute atomic E-state index is 0.234. The number of rotatable bonds is 5. The molecule has 0 aliphatic carbocycles. The van der Waals surface area contributed by atoms with Gasteiger partial charge in [-0.15, -0.1) is 0 Å². The predicted octanol–water partition coefficient (Wildman–Crippen LogP) is 3.18. The van der Waals surface area contributed by atoms with Gasteiger partial charge in [0.25, 0.3) is 0 Å². The first-order chi connectivity index (χ1) is 9.83. The second kappa shape index (κ2) is 6.09. The summed E-state index contributed by atoms with van der Waals surface area (Å²) in [6, 6.07) is 10.9. The van der Waals surface area contributed by atoms with E-state index in [1.165, 1.54) is 37.2 Å². The summed E-state index contributed by atoms with van der Waals surface area (Å²) in [6.07, 6.45) is 4.46. The Kier molecular flexibility index (Phi) is 4.02. The Bertz CT molecular complexity index is 529. The first-order valence-corrected chi connectivity index (χ1v) is 7.39. The summed E-state index contributed by atoms with van der Waals surface area (Å²) >= 11 is 0. The Morgan fingerprint density at radius 1 is 1.25 bits per heavy atom. The van der Waals surface area contributed by atoms with Crippen LogP contribution < -0.4 is 5.32 Å². The third-order valence-corrected chi connectivity index (χ3v) is 3.97. The largest absolute Gasteiger partial charge is 0.377 e. The zero-order valence-corrected chi connectivity index (χ0v) is 12.0. The molecule has 1 saturated heterocycles. The van der Waals surface area contributed by atoms with Crippen molar-refractivity contribution in [3.63, 3.8) is 0 Å². The summed E-state index contributed by atoms with van der Waals surface area (Å²) in [5.41, 5.74) is 3.71. The molecule has 4 nitrogen and oxygen atoms in total. The van der Waals surface area contributed by atoms with E-state index in [9.17, 15) is 0 Å². The number of hydrogen-bond donors (Lipinski definition) is 2. The van der Waals surface area contributed by atoms with Crippen molar-refractivity contribution in [3.8, 4) is 0 Å². The molecule has 4 heteroatoms. The van der Waals surface area contributed by atoms with Gasteiger partial charge in [0.05, 0.1) is 11.7 Å². The number of aromatic amines is 1. The van der Waals surface area contributed by atoms with Crippen LogP contribution >= 0.6 is 0 Å². The molecule has 3 rings (SSSR count). The molecule has 106 valence electrons. The molecule has 0 radical (unpaired) electrons. The fourth-order valence-electron chi connectivity index (χ4n) is 2.80. The highest BCUT2D eigenvalue weighted by Gasteiger charge is 2.14. The smallest absolute Gasteiger partial charge is 0.0651 e. The van der Waals surface area contributed by atoms with Gasteiger partial charge in [-0.3, -0.25) is 10.00 Å². The van der Waals surface area contributed by atoms with Crippen molar-refractivity contribution in [2.24, 2.45) is 0 Å². The van der Waals surface area contributed by atoms with Gasteiger partial charge in [-0.05, 0) is 50.6 Å². The lowest BCUT2D eigenvalue weighted by atomic mass is 10.1. The van der Waals surface area contributed by atoms with Crippen LogP contribution in [0.5, 0.6) is 0 Å². The summed E-state index contributed by atoms with van der Waals surface area (Å²) in [5, 5.41) is 10.6. The number of anilines is 1. The van der Waals surface area contributed by atoms with Crippen molar-refractivity contribution in [2.45, 2.75) is 32.4 Å². The molecule has 20 heavy (non-hydrogen) atoms. The maximum Gasteiger partial charge on any atom is 0.0651 e. The zero-order valence-electron chi connectivity index (χ0n) is 12.0. The number of para-hydroxylation sites is 1. The first-order valence-electron chi connectivity index (χ1n) is 7.39. The van der Waals surface area contributed by atoms with Crippen LogP contribution in [0.15, 0.2) is 36.5 Å². The van der Waals surface area contributed by atoms with Gasteiger partial charge in [-0.25, -0.2) is 0 Å². The fourth-order valence-corrected chi connectivity index (χ4v) is 2.80. The van der Waals surface area contributed by atoms with Crippen LogP contribution in [0.1, 0.15) is 37.1 Å². The van der Waals surface area contributed by atoms with Gasteiger partial charge in [0, 0.05) is 18.4 Å². The van der Waals surface area contributed by atoms with Crippen molar-refractivity contribution >= 4 is 5.69 Å². The molecular weight excluding hydrogens is 248 g/mol. The maximum absolute atomic E-state index is 4.02. The Labute approximate surface area is 120 Å². The summed E-state index contributed by atoms with van der Waals surface area (Å²) in [5.74, 6) is 0. The standard InChI is InChI=1S/C16H22N4/c1-13(15-8-9-17-19-15)18-16-7-3-2-6-14(16)12-20-10-4-5-11-20/h2-3,6-9,13,18H,4-5,10-12H2,1H3,(H,17,19). The van der Waals surface area contributed by atoms with E-state index in [1.54, 1.807) is 6.20 Å². The van der Waals surface area contributed by atoms with Crippen LogP contribution in [0.2, 0.25) is 0 Å². The fraction of sp³-hybridized carbons (Fsp3) is 0.438. The third kappa shape index (κ3) is 3.02. The van der Waals surface area contributed by atoms with Gasteiger partial charge in [-0.2, -0.15) is 5.10 Å². The number of likely N-dealkylation sites (tertiary alicyclic amines) is 1. The quantitative estimate of drug-likeness (QED) is 0.877.